The first-order valence-corrected chi connectivity index (χ1v) is 7.56. The maximum absolute atomic E-state index is 13.0. The Morgan fingerprint density at radius 2 is 1.00 bits per heavy atom. The second-order valence-electron chi connectivity index (χ2n) is 5.52. The zero-order valence-electron chi connectivity index (χ0n) is 13.0. The molecular formula is C19H18O5. The van der Waals surface area contributed by atoms with E-state index in [-0.39, 0.29) is 12.8 Å². The minimum Gasteiger partial charge on any atom is -0.481 e. The molecule has 0 saturated carbocycles. The van der Waals surface area contributed by atoms with Crippen LogP contribution in [-0.2, 0) is 14.4 Å². The summed E-state index contributed by atoms with van der Waals surface area (Å²) in [5, 5.41) is 18.3. The van der Waals surface area contributed by atoms with E-state index >= 15 is 0 Å². The van der Waals surface area contributed by atoms with Gasteiger partial charge in [-0.25, -0.2) is 0 Å². The molecule has 0 amide bonds. The molecule has 0 bridgehead atoms. The Hall–Kier alpha value is -2.95. The largest absolute Gasteiger partial charge is 0.481 e. The molecule has 2 rings (SSSR count). The van der Waals surface area contributed by atoms with Gasteiger partial charge >= 0.3 is 11.9 Å². The van der Waals surface area contributed by atoms with Gasteiger partial charge < -0.3 is 10.2 Å². The van der Waals surface area contributed by atoms with Crippen molar-refractivity contribution in [1.29, 1.82) is 0 Å². The Balaban J connectivity index is 2.40. The summed E-state index contributed by atoms with van der Waals surface area (Å²) in [6.45, 7) is 0. The van der Waals surface area contributed by atoms with E-state index in [9.17, 15) is 14.4 Å². The lowest BCUT2D eigenvalue weighted by molar-refractivity contribution is -0.140. The van der Waals surface area contributed by atoms with Crippen molar-refractivity contribution in [3.63, 3.8) is 0 Å². The van der Waals surface area contributed by atoms with E-state index in [4.69, 9.17) is 10.2 Å². The Morgan fingerprint density at radius 1 is 0.667 bits per heavy atom. The first-order valence-electron chi connectivity index (χ1n) is 7.56. The summed E-state index contributed by atoms with van der Waals surface area (Å²) >= 11 is 0. The molecular weight excluding hydrogens is 308 g/mol. The molecule has 0 aliphatic heterocycles. The first kappa shape index (κ1) is 17.4. The van der Waals surface area contributed by atoms with Crippen LogP contribution >= 0.6 is 0 Å². The van der Waals surface area contributed by atoms with E-state index < -0.39 is 29.6 Å². The van der Waals surface area contributed by atoms with Gasteiger partial charge in [0.25, 0.3) is 0 Å². The van der Waals surface area contributed by atoms with Crippen molar-refractivity contribution >= 4 is 17.7 Å². The van der Waals surface area contributed by atoms with Crippen molar-refractivity contribution in [2.75, 3.05) is 0 Å². The molecule has 2 atom stereocenters. The van der Waals surface area contributed by atoms with Crippen LogP contribution in [0.25, 0.3) is 0 Å². The fourth-order valence-corrected chi connectivity index (χ4v) is 2.73. The molecule has 0 aliphatic carbocycles. The quantitative estimate of drug-likeness (QED) is 0.778. The molecule has 0 heterocycles. The molecule has 2 aromatic carbocycles. The molecule has 24 heavy (non-hydrogen) atoms. The fourth-order valence-electron chi connectivity index (χ4n) is 2.73. The van der Waals surface area contributed by atoms with Crippen LogP contribution in [0.15, 0.2) is 60.7 Å². The lowest BCUT2D eigenvalue weighted by atomic mass is 9.80. The smallest absolute Gasteiger partial charge is 0.304 e. The summed E-state index contributed by atoms with van der Waals surface area (Å²) in [5.74, 6) is -4.35. The summed E-state index contributed by atoms with van der Waals surface area (Å²) in [7, 11) is 0. The second kappa shape index (κ2) is 8.06. The Morgan fingerprint density at radius 3 is 1.29 bits per heavy atom. The average molecular weight is 326 g/mol. The van der Waals surface area contributed by atoms with E-state index in [2.05, 4.69) is 0 Å². The monoisotopic (exact) mass is 326 g/mol. The lowest BCUT2D eigenvalue weighted by Gasteiger charge is -2.21. The van der Waals surface area contributed by atoms with E-state index in [1.54, 1.807) is 60.7 Å². The molecule has 124 valence electrons. The molecule has 5 heteroatoms. The van der Waals surface area contributed by atoms with Gasteiger partial charge in [0.15, 0.2) is 0 Å². The highest BCUT2D eigenvalue weighted by Gasteiger charge is 2.32. The standard InChI is InChI=1S/C19H18O5/c20-17(21)11-15(13-7-3-1-4-8-13)19(24)16(12-18(22)23)14-9-5-2-6-10-14/h1-10,15-16H,11-12H2,(H,20,21)(H,22,23). The first-order chi connectivity index (χ1) is 11.5. The third-order valence-electron chi connectivity index (χ3n) is 3.85. The molecule has 0 fully saturated rings. The molecule has 0 radical (unpaired) electrons. The number of rotatable bonds is 8. The van der Waals surface area contributed by atoms with Gasteiger partial charge in [-0.1, -0.05) is 60.7 Å². The summed E-state index contributed by atoms with van der Waals surface area (Å²) in [5.41, 5.74) is 1.16. The summed E-state index contributed by atoms with van der Waals surface area (Å²) in [6.07, 6.45) is -0.738. The van der Waals surface area contributed by atoms with Crippen LogP contribution in [0.1, 0.15) is 35.8 Å². The van der Waals surface area contributed by atoms with Crippen LogP contribution < -0.4 is 0 Å². The Kier molecular flexibility index (Phi) is 5.84. The van der Waals surface area contributed by atoms with Gasteiger partial charge in [-0.3, -0.25) is 14.4 Å². The van der Waals surface area contributed by atoms with Gasteiger partial charge in [0.2, 0.25) is 0 Å². The van der Waals surface area contributed by atoms with Crippen LogP contribution in [0, 0.1) is 0 Å². The second-order valence-corrected chi connectivity index (χ2v) is 5.52. The third kappa shape index (κ3) is 4.52. The predicted molar refractivity (Wildman–Crippen MR) is 87.9 cm³/mol. The Labute approximate surface area is 139 Å². The molecule has 2 N–H and O–H groups in total. The van der Waals surface area contributed by atoms with Crippen molar-refractivity contribution in [2.45, 2.75) is 24.7 Å². The molecule has 0 aliphatic rings. The number of carboxylic acids is 2. The minimum absolute atomic E-state index is 0.369. The van der Waals surface area contributed by atoms with Crippen LogP contribution in [-0.4, -0.2) is 27.9 Å². The SMILES string of the molecule is O=C(O)CC(C(=O)C(CC(=O)O)c1ccccc1)c1ccccc1. The highest BCUT2D eigenvalue weighted by Crippen LogP contribution is 2.31. The molecule has 2 aromatic rings. The number of aliphatic carboxylic acids is 2. The van der Waals surface area contributed by atoms with Gasteiger partial charge in [-0.05, 0) is 11.1 Å². The highest BCUT2D eigenvalue weighted by molar-refractivity contribution is 5.96. The van der Waals surface area contributed by atoms with Gasteiger partial charge in [-0.15, -0.1) is 0 Å². The van der Waals surface area contributed by atoms with Gasteiger partial charge in [0.05, 0.1) is 24.7 Å². The summed E-state index contributed by atoms with van der Waals surface area (Å²) in [4.78, 5) is 35.4. The van der Waals surface area contributed by atoms with Gasteiger partial charge in [0, 0.05) is 0 Å². The number of benzene rings is 2. The summed E-state index contributed by atoms with van der Waals surface area (Å²) < 4.78 is 0. The maximum atomic E-state index is 13.0. The number of hydrogen-bond acceptors (Lipinski definition) is 3. The number of carboxylic acid groups (broad SMARTS) is 2. The van der Waals surface area contributed by atoms with Crippen LogP contribution in [0.2, 0.25) is 0 Å². The predicted octanol–water partition coefficient (Wildman–Crippen LogP) is 3.07. The van der Waals surface area contributed by atoms with Crippen LogP contribution in [0.3, 0.4) is 0 Å². The zero-order chi connectivity index (χ0) is 17.5. The van der Waals surface area contributed by atoms with Crippen LogP contribution in [0.5, 0.6) is 0 Å². The number of hydrogen-bond donors (Lipinski definition) is 2. The number of Topliss-reactive ketones (excluding diaryl/α,β-unsaturated/α-hetero) is 1. The molecule has 0 aromatic heterocycles. The van der Waals surface area contributed by atoms with Crippen molar-refractivity contribution < 1.29 is 24.6 Å². The fraction of sp³-hybridized carbons (Fsp3) is 0.211. The number of carbonyl (C=O) groups is 3. The number of ketones is 1. The highest BCUT2D eigenvalue weighted by atomic mass is 16.4. The summed E-state index contributed by atoms with van der Waals surface area (Å²) in [6, 6.07) is 17.2. The normalized spacial score (nSPS) is 13.0. The minimum atomic E-state index is -1.10. The molecule has 2 unspecified atom stereocenters. The van der Waals surface area contributed by atoms with E-state index in [0.29, 0.717) is 11.1 Å². The van der Waals surface area contributed by atoms with E-state index in [1.165, 1.54) is 0 Å². The van der Waals surface area contributed by atoms with Crippen LogP contribution in [0.4, 0.5) is 0 Å². The molecule has 5 nitrogen and oxygen atoms in total. The molecule has 0 saturated heterocycles. The molecule has 0 spiro atoms. The number of carbonyl (C=O) groups excluding carboxylic acids is 1. The average Bonchev–Trinajstić information content (AvgIpc) is 2.58. The third-order valence-corrected chi connectivity index (χ3v) is 3.85. The lowest BCUT2D eigenvalue weighted by Crippen LogP contribution is -2.25. The van der Waals surface area contributed by atoms with Gasteiger partial charge in [0.1, 0.15) is 5.78 Å². The van der Waals surface area contributed by atoms with E-state index in [0.717, 1.165) is 0 Å². The van der Waals surface area contributed by atoms with Gasteiger partial charge in [-0.2, -0.15) is 0 Å². The van der Waals surface area contributed by atoms with Crippen molar-refractivity contribution in [3.8, 4) is 0 Å². The van der Waals surface area contributed by atoms with Crippen molar-refractivity contribution in [3.05, 3.63) is 71.8 Å². The van der Waals surface area contributed by atoms with E-state index in [1.807, 2.05) is 0 Å². The topological polar surface area (TPSA) is 91.7 Å². The van der Waals surface area contributed by atoms with Crippen molar-refractivity contribution in [1.82, 2.24) is 0 Å². The zero-order valence-corrected chi connectivity index (χ0v) is 13.0. The maximum Gasteiger partial charge on any atom is 0.304 e. The Bertz CT molecular complexity index is 648. The van der Waals surface area contributed by atoms with Crippen molar-refractivity contribution in [2.24, 2.45) is 0 Å².